The largest absolute Gasteiger partial charge is 0.463 e. The zero-order chi connectivity index (χ0) is 9.94. The van der Waals surface area contributed by atoms with Crippen LogP contribution < -0.4 is 0 Å². The maximum absolute atomic E-state index is 10.8. The molecule has 0 radical (unpaired) electrons. The zero-order valence-electron chi connectivity index (χ0n) is 7.57. The van der Waals surface area contributed by atoms with E-state index in [9.17, 15) is 4.79 Å². The van der Waals surface area contributed by atoms with Gasteiger partial charge in [-0.1, -0.05) is 0 Å². The highest BCUT2D eigenvalue weighted by Crippen LogP contribution is 2.04. The molecule has 0 bridgehead atoms. The van der Waals surface area contributed by atoms with E-state index in [0.29, 0.717) is 12.2 Å². The van der Waals surface area contributed by atoms with Crippen LogP contribution in [0.2, 0.25) is 0 Å². The Labute approximate surface area is 82.3 Å². The van der Waals surface area contributed by atoms with E-state index in [-0.39, 0.29) is 25.8 Å². The standard InChI is InChI=1S/C8H16O4S/c9-3-5-12-8(11)2-1-6-13-7-4-10/h9-10H,1-7H2. The fourth-order valence-electron chi connectivity index (χ4n) is 0.717. The van der Waals surface area contributed by atoms with Gasteiger partial charge < -0.3 is 14.9 Å². The van der Waals surface area contributed by atoms with E-state index in [1.54, 1.807) is 11.8 Å². The Morgan fingerprint density at radius 2 is 2.00 bits per heavy atom. The van der Waals surface area contributed by atoms with Crippen LogP contribution in [0.3, 0.4) is 0 Å². The molecule has 4 nitrogen and oxygen atoms in total. The summed E-state index contributed by atoms with van der Waals surface area (Å²) < 4.78 is 4.65. The molecule has 0 atom stereocenters. The summed E-state index contributed by atoms with van der Waals surface area (Å²) >= 11 is 1.61. The smallest absolute Gasteiger partial charge is 0.305 e. The van der Waals surface area contributed by atoms with Crippen LogP contribution in [0.15, 0.2) is 0 Å². The first-order valence-electron chi connectivity index (χ1n) is 4.26. The highest BCUT2D eigenvalue weighted by Gasteiger charge is 2.01. The second-order valence-corrected chi connectivity index (χ2v) is 3.61. The SMILES string of the molecule is O=C(CCCSCCO)OCCO. The minimum atomic E-state index is -0.265. The van der Waals surface area contributed by atoms with Gasteiger partial charge in [0, 0.05) is 12.2 Å². The summed E-state index contributed by atoms with van der Waals surface area (Å²) in [5.74, 6) is 1.30. The maximum Gasteiger partial charge on any atom is 0.305 e. The number of hydrogen-bond donors (Lipinski definition) is 2. The molecular formula is C8H16O4S. The molecule has 0 fully saturated rings. The molecule has 0 aliphatic rings. The number of ether oxygens (including phenoxy) is 1. The van der Waals surface area contributed by atoms with Gasteiger partial charge in [0.15, 0.2) is 0 Å². The number of esters is 1. The van der Waals surface area contributed by atoms with Crippen molar-refractivity contribution >= 4 is 17.7 Å². The third-order valence-electron chi connectivity index (χ3n) is 1.26. The zero-order valence-corrected chi connectivity index (χ0v) is 8.39. The molecule has 5 heteroatoms. The lowest BCUT2D eigenvalue weighted by Gasteiger charge is -2.01. The number of aliphatic hydroxyl groups excluding tert-OH is 2. The highest BCUT2D eigenvalue weighted by molar-refractivity contribution is 7.99. The topological polar surface area (TPSA) is 66.8 Å². The van der Waals surface area contributed by atoms with Gasteiger partial charge in [-0.05, 0) is 12.2 Å². The van der Waals surface area contributed by atoms with E-state index in [2.05, 4.69) is 4.74 Å². The quantitative estimate of drug-likeness (QED) is 0.435. The van der Waals surface area contributed by atoms with Crippen molar-refractivity contribution in [2.45, 2.75) is 12.8 Å². The molecule has 0 heterocycles. The molecule has 78 valence electrons. The summed E-state index contributed by atoms with van der Waals surface area (Å²) in [5.41, 5.74) is 0. The van der Waals surface area contributed by atoms with Gasteiger partial charge >= 0.3 is 5.97 Å². The first kappa shape index (κ1) is 12.7. The van der Waals surface area contributed by atoms with Crippen LogP contribution in [0.25, 0.3) is 0 Å². The molecule has 0 aliphatic carbocycles. The molecule has 13 heavy (non-hydrogen) atoms. The predicted octanol–water partition coefficient (Wildman–Crippen LogP) is 0.0276. The average Bonchev–Trinajstić information content (AvgIpc) is 2.14. The Morgan fingerprint density at radius 1 is 1.23 bits per heavy atom. The Morgan fingerprint density at radius 3 is 2.62 bits per heavy atom. The maximum atomic E-state index is 10.8. The van der Waals surface area contributed by atoms with Crippen LogP contribution in [0.5, 0.6) is 0 Å². The summed E-state index contributed by atoms with van der Waals surface area (Å²) in [5, 5.41) is 16.8. The van der Waals surface area contributed by atoms with Crippen LogP contribution >= 0.6 is 11.8 Å². The third kappa shape index (κ3) is 9.66. The molecule has 0 saturated carbocycles. The second-order valence-electron chi connectivity index (χ2n) is 2.38. The molecule has 0 spiro atoms. The minimum absolute atomic E-state index is 0.0859. The summed E-state index contributed by atoms with van der Waals surface area (Å²) in [6.45, 7) is 0.146. The molecular weight excluding hydrogens is 192 g/mol. The number of carbonyl (C=O) groups is 1. The van der Waals surface area contributed by atoms with Crippen LogP contribution in [0.1, 0.15) is 12.8 Å². The molecule has 0 rings (SSSR count). The van der Waals surface area contributed by atoms with Crippen LogP contribution in [0, 0.1) is 0 Å². The summed E-state index contributed by atoms with van der Waals surface area (Å²) in [6.07, 6.45) is 1.15. The molecule has 0 aromatic rings. The summed E-state index contributed by atoms with van der Waals surface area (Å²) in [4.78, 5) is 10.8. The lowest BCUT2D eigenvalue weighted by molar-refractivity contribution is -0.144. The van der Waals surface area contributed by atoms with Crippen molar-refractivity contribution in [1.29, 1.82) is 0 Å². The normalized spacial score (nSPS) is 10.0. The average molecular weight is 208 g/mol. The third-order valence-corrected chi connectivity index (χ3v) is 2.31. The molecule has 0 saturated heterocycles. The lowest BCUT2D eigenvalue weighted by Crippen LogP contribution is -2.08. The molecule has 0 unspecified atom stereocenters. The van der Waals surface area contributed by atoms with Crippen molar-refractivity contribution in [1.82, 2.24) is 0 Å². The molecule has 2 N–H and O–H groups in total. The van der Waals surface area contributed by atoms with Crippen LogP contribution in [-0.4, -0.2) is 47.5 Å². The molecule has 0 aromatic heterocycles. The van der Waals surface area contributed by atoms with Crippen molar-refractivity contribution in [2.24, 2.45) is 0 Å². The Balaban J connectivity index is 3.08. The second kappa shape index (κ2) is 9.83. The van der Waals surface area contributed by atoms with Crippen LogP contribution in [0.4, 0.5) is 0 Å². The van der Waals surface area contributed by atoms with E-state index in [4.69, 9.17) is 10.2 Å². The van der Waals surface area contributed by atoms with Gasteiger partial charge in [0.1, 0.15) is 6.61 Å². The predicted molar refractivity (Wildman–Crippen MR) is 51.7 cm³/mol. The fourth-order valence-corrected chi connectivity index (χ4v) is 1.40. The van der Waals surface area contributed by atoms with Gasteiger partial charge in [0.2, 0.25) is 0 Å². The fraction of sp³-hybridized carbons (Fsp3) is 0.875. The van der Waals surface area contributed by atoms with Crippen LogP contribution in [-0.2, 0) is 9.53 Å². The number of hydrogen-bond acceptors (Lipinski definition) is 5. The van der Waals surface area contributed by atoms with E-state index >= 15 is 0 Å². The summed E-state index contributed by atoms with van der Waals surface area (Å²) in [6, 6.07) is 0. The summed E-state index contributed by atoms with van der Waals surface area (Å²) in [7, 11) is 0. The van der Waals surface area contributed by atoms with Gasteiger partial charge in [-0.2, -0.15) is 11.8 Å². The van der Waals surface area contributed by atoms with E-state index in [1.165, 1.54) is 0 Å². The van der Waals surface area contributed by atoms with Crippen molar-refractivity contribution in [2.75, 3.05) is 31.3 Å². The Kier molecular flexibility index (Phi) is 9.63. The number of rotatable bonds is 8. The van der Waals surface area contributed by atoms with Gasteiger partial charge in [-0.25, -0.2) is 0 Å². The van der Waals surface area contributed by atoms with Crippen molar-refractivity contribution in [3.8, 4) is 0 Å². The van der Waals surface area contributed by atoms with Gasteiger partial charge in [0.25, 0.3) is 0 Å². The van der Waals surface area contributed by atoms with Crippen molar-refractivity contribution < 1.29 is 19.7 Å². The monoisotopic (exact) mass is 208 g/mol. The first-order chi connectivity index (χ1) is 6.31. The van der Waals surface area contributed by atoms with E-state index < -0.39 is 0 Å². The van der Waals surface area contributed by atoms with Crippen molar-refractivity contribution in [3.05, 3.63) is 0 Å². The Bertz CT molecular complexity index is 129. The number of carbonyl (C=O) groups excluding carboxylic acids is 1. The molecule has 0 amide bonds. The van der Waals surface area contributed by atoms with Crippen molar-refractivity contribution in [3.63, 3.8) is 0 Å². The number of thioether (sulfide) groups is 1. The Hall–Kier alpha value is -0.260. The minimum Gasteiger partial charge on any atom is -0.463 e. The van der Waals surface area contributed by atoms with E-state index in [1.807, 2.05) is 0 Å². The number of aliphatic hydroxyl groups is 2. The van der Waals surface area contributed by atoms with Gasteiger partial charge in [-0.15, -0.1) is 0 Å². The molecule has 0 aliphatic heterocycles. The first-order valence-corrected chi connectivity index (χ1v) is 5.41. The van der Waals surface area contributed by atoms with E-state index in [0.717, 1.165) is 12.2 Å². The lowest BCUT2D eigenvalue weighted by atomic mass is 10.3. The highest BCUT2D eigenvalue weighted by atomic mass is 32.2. The molecule has 0 aromatic carbocycles. The van der Waals surface area contributed by atoms with Gasteiger partial charge in [0.05, 0.1) is 13.2 Å². The van der Waals surface area contributed by atoms with Gasteiger partial charge in [-0.3, -0.25) is 4.79 Å².